The number of nitrogens with zero attached hydrogens (tertiary/aromatic N) is 1. The molecule has 0 spiro atoms. The van der Waals surface area contributed by atoms with E-state index in [2.05, 4.69) is 33.8 Å². The summed E-state index contributed by atoms with van der Waals surface area (Å²) in [6.45, 7) is 4.54. The summed E-state index contributed by atoms with van der Waals surface area (Å²) in [4.78, 5) is 2.37. The van der Waals surface area contributed by atoms with Gasteiger partial charge in [-0.15, -0.1) is 0 Å². The second-order valence-corrected chi connectivity index (χ2v) is 4.96. The van der Waals surface area contributed by atoms with Gasteiger partial charge < -0.3 is 10.6 Å². The molecular weight excluding hydrogens is 240 g/mol. The highest BCUT2D eigenvalue weighted by Gasteiger charge is 2.20. The average Bonchev–Trinajstić information content (AvgIpc) is 2.56. The fourth-order valence-corrected chi connectivity index (χ4v) is 2.29. The summed E-state index contributed by atoms with van der Waals surface area (Å²) in [6.07, 6.45) is 1.27. The van der Waals surface area contributed by atoms with E-state index >= 15 is 0 Å². The number of nitrogen functional groups attached to an aromatic ring is 1. The van der Waals surface area contributed by atoms with Crippen molar-refractivity contribution >= 4 is 27.3 Å². The summed E-state index contributed by atoms with van der Waals surface area (Å²) < 4.78 is 1.10. The number of hydrogen-bond donors (Lipinski definition) is 1. The van der Waals surface area contributed by atoms with Crippen LogP contribution < -0.4 is 10.6 Å². The van der Waals surface area contributed by atoms with Gasteiger partial charge in [-0.25, -0.2) is 0 Å². The fraction of sp³-hybridized carbons (Fsp3) is 0.455. The van der Waals surface area contributed by atoms with E-state index in [1.54, 1.807) is 0 Å². The second-order valence-electron chi connectivity index (χ2n) is 4.04. The van der Waals surface area contributed by atoms with Crippen LogP contribution in [0.15, 0.2) is 22.7 Å². The van der Waals surface area contributed by atoms with Crippen LogP contribution in [0.5, 0.6) is 0 Å². The Morgan fingerprint density at radius 3 is 2.93 bits per heavy atom. The van der Waals surface area contributed by atoms with Crippen molar-refractivity contribution < 1.29 is 0 Å². The Labute approximate surface area is 93.2 Å². The van der Waals surface area contributed by atoms with Crippen molar-refractivity contribution in [3.05, 3.63) is 22.7 Å². The number of benzene rings is 1. The molecule has 1 saturated heterocycles. The smallest absolute Gasteiger partial charge is 0.0611 e. The van der Waals surface area contributed by atoms with Gasteiger partial charge in [0.25, 0.3) is 0 Å². The van der Waals surface area contributed by atoms with E-state index < -0.39 is 0 Å². The molecule has 1 unspecified atom stereocenters. The van der Waals surface area contributed by atoms with Gasteiger partial charge in [-0.2, -0.15) is 0 Å². The Balaban J connectivity index is 2.27. The molecule has 76 valence electrons. The van der Waals surface area contributed by atoms with E-state index in [-0.39, 0.29) is 0 Å². The maximum absolute atomic E-state index is 5.95. The predicted molar refractivity (Wildman–Crippen MR) is 64.5 cm³/mol. The Bertz CT molecular complexity index is 338. The first-order valence-electron chi connectivity index (χ1n) is 4.97. The summed E-state index contributed by atoms with van der Waals surface area (Å²) in [7, 11) is 0. The first kappa shape index (κ1) is 9.84. The minimum atomic E-state index is 0.786. The third-order valence-corrected chi connectivity index (χ3v) is 3.25. The van der Waals surface area contributed by atoms with Crippen molar-refractivity contribution in [2.75, 3.05) is 23.7 Å². The van der Waals surface area contributed by atoms with E-state index in [9.17, 15) is 0 Å². The molecule has 0 amide bonds. The molecule has 2 rings (SSSR count). The minimum Gasteiger partial charge on any atom is -0.397 e. The molecule has 0 bridgehead atoms. The van der Waals surface area contributed by atoms with Gasteiger partial charge in [-0.3, -0.25) is 0 Å². The molecule has 0 radical (unpaired) electrons. The molecular formula is C11H15BrN2. The van der Waals surface area contributed by atoms with Crippen LogP contribution >= 0.6 is 15.9 Å². The Hall–Kier alpha value is -0.700. The molecule has 0 aromatic heterocycles. The zero-order valence-corrected chi connectivity index (χ0v) is 9.92. The Morgan fingerprint density at radius 1 is 1.50 bits per heavy atom. The SMILES string of the molecule is CC1CCN(c2cc(Br)ccc2N)C1. The highest BCUT2D eigenvalue weighted by atomic mass is 79.9. The van der Waals surface area contributed by atoms with Crippen LogP contribution in [0.3, 0.4) is 0 Å². The zero-order chi connectivity index (χ0) is 10.1. The lowest BCUT2D eigenvalue weighted by molar-refractivity contribution is 0.659. The van der Waals surface area contributed by atoms with Crippen LogP contribution in [-0.2, 0) is 0 Å². The molecule has 2 nitrogen and oxygen atoms in total. The standard InChI is InChI=1S/C11H15BrN2/c1-8-4-5-14(7-8)11-6-9(12)2-3-10(11)13/h2-3,6,8H,4-5,7,13H2,1H3. The van der Waals surface area contributed by atoms with E-state index in [4.69, 9.17) is 5.73 Å². The lowest BCUT2D eigenvalue weighted by atomic mass is 10.2. The van der Waals surface area contributed by atoms with Gasteiger partial charge in [0, 0.05) is 17.6 Å². The first-order chi connectivity index (χ1) is 6.66. The lowest BCUT2D eigenvalue weighted by Gasteiger charge is -2.20. The topological polar surface area (TPSA) is 29.3 Å². The van der Waals surface area contributed by atoms with Gasteiger partial charge in [-0.1, -0.05) is 22.9 Å². The highest BCUT2D eigenvalue weighted by molar-refractivity contribution is 9.10. The number of anilines is 2. The van der Waals surface area contributed by atoms with Crippen molar-refractivity contribution in [1.29, 1.82) is 0 Å². The average molecular weight is 255 g/mol. The monoisotopic (exact) mass is 254 g/mol. The van der Waals surface area contributed by atoms with Gasteiger partial charge in [0.1, 0.15) is 0 Å². The minimum absolute atomic E-state index is 0.786. The van der Waals surface area contributed by atoms with Crippen LogP contribution in [0, 0.1) is 5.92 Å². The first-order valence-corrected chi connectivity index (χ1v) is 5.76. The van der Waals surface area contributed by atoms with Gasteiger partial charge >= 0.3 is 0 Å². The third-order valence-electron chi connectivity index (χ3n) is 2.76. The van der Waals surface area contributed by atoms with Crippen molar-refractivity contribution in [2.45, 2.75) is 13.3 Å². The maximum Gasteiger partial charge on any atom is 0.0611 e. The van der Waals surface area contributed by atoms with Crippen LogP contribution in [0.2, 0.25) is 0 Å². The van der Waals surface area contributed by atoms with E-state index in [0.717, 1.165) is 29.2 Å². The maximum atomic E-state index is 5.95. The molecule has 1 heterocycles. The predicted octanol–water partition coefficient (Wildman–Crippen LogP) is 2.88. The van der Waals surface area contributed by atoms with Gasteiger partial charge in [0.2, 0.25) is 0 Å². The Morgan fingerprint density at radius 2 is 2.29 bits per heavy atom. The largest absolute Gasteiger partial charge is 0.397 e. The van der Waals surface area contributed by atoms with E-state index in [1.165, 1.54) is 12.1 Å². The van der Waals surface area contributed by atoms with Crippen molar-refractivity contribution in [1.82, 2.24) is 0 Å². The van der Waals surface area contributed by atoms with Crippen LogP contribution in [0.4, 0.5) is 11.4 Å². The van der Waals surface area contributed by atoms with E-state index in [1.807, 2.05) is 12.1 Å². The second kappa shape index (κ2) is 3.81. The van der Waals surface area contributed by atoms with Crippen LogP contribution in [0.1, 0.15) is 13.3 Å². The van der Waals surface area contributed by atoms with E-state index in [0.29, 0.717) is 0 Å². The quantitative estimate of drug-likeness (QED) is 0.782. The molecule has 1 aliphatic rings. The van der Waals surface area contributed by atoms with Gasteiger partial charge in [0.15, 0.2) is 0 Å². The summed E-state index contributed by atoms with van der Waals surface area (Å²) in [5, 5.41) is 0. The summed E-state index contributed by atoms with van der Waals surface area (Å²) in [5.74, 6) is 0.786. The molecule has 1 atom stereocenters. The third kappa shape index (κ3) is 1.87. The Kier molecular flexibility index (Phi) is 2.68. The van der Waals surface area contributed by atoms with Crippen molar-refractivity contribution in [2.24, 2.45) is 5.92 Å². The van der Waals surface area contributed by atoms with Crippen LogP contribution in [0.25, 0.3) is 0 Å². The van der Waals surface area contributed by atoms with Crippen molar-refractivity contribution in [3.63, 3.8) is 0 Å². The molecule has 14 heavy (non-hydrogen) atoms. The number of rotatable bonds is 1. The zero-order valence-electron chi connectivity index (χ0n) is 8.33. The van der Waals surface area contributed by atoms with Gasteiger partial charge in [0.05, 0.1) is 11.4 Å². The molecule has 0 saturated carbocycles. The molecule has 3 heteroatoms. The van der Waals surface area contributed by atoms with Gasteiger partial charge in [-0.05, 0) is 30.5 Å². The summed E-state index contributed by atoms with van der Waals surface area (Å²) in [6, 6.07) is 6.05. The number of halogens is 1. The number of nitrogens with two attached hydrogens (primary N) is 1. The molecule has 1 fully saturated rings. The molecule has 0 aliphatic carbocycles. The number of hydrogen-bond acceptors (Lipinski definition) is 2. The molecule has 1 aliphatic heterocycles. The normalized spacial score (nSPS) is 21.6. The summed E-state index contributed by atoms with van der Waals surface area (Å²) >= 11 is 3.48. The molecule has 2 N–H and O–H groups in total. The highest BCUT2D eigenvalue weighted by Crippen LogP contribution is 2.31. The molecule has 1 aromatic carbocycles. The fourth-order valence-electron chi connectivity index (χ4n) is 1.94. The lowest BCUT2D eigenvalue weighted by Crippen LogP contribution is -2.20. The summed E-state index contributed by atoms with van der Waals surface area (Å²) in [5.41, 5.74) is 8.00. The van der Waals surface area contributed by atoms with Crippen LogP contribution in [-0.4, -0.2) is 13.1 Å². The molecule has 1 aromatic rings. The van der Waals surface area contributed by atoms with Crippen molar-refractivity contribution in [3.8, 4) is 0 Å².